The van der Waals surface area contributed by atoms with E-state index in [0.29, 0.717) is 0 Å². The van der Waals surface area contributed by atoms with Gasteiger partial charge in [-0.2, -0.15) is 0 Å². The van der Waals surface area contributed by atoms with E-state index in [9.17, 15) is 9.59 Å². The number of carbonyl (C=O) groups excluding carboxylic acids is 2. The molecule has 0 unspecified atom stereocenters. The van der Waals surface area contributed by atoms with Crippen LogP contribution in [-0.4, -0.2) is 21.5 Å². The third kappa shape index (κ3) is 3.09. The van der Waals surface area contributed by atoms with Gasteiger partial charge in [0.05, 0.1) is 0 Å². The van der Waals surface area contributed by atoms with Gasteiger partial charge in [-0.25, -0.2) is 9.36 Å². The van der Waals surface area contributed by atoms with Gasteiger partial charge in [-0.15, -0.1) is 0 Å². The van der Waals surface area contributed by atoms with Gasteiger partial charge < -0.3 is 4.74 Å². The van der Waals surface area contributed by atoms with Crippen LogP contribution < -0.4 is 0 Å². The minimum absolute atomic E-state index is 0.103. The molecule has 0 amide bonds. The lowest BCUT2D eigenvalue weighted by Gasteiger charge is -2.19. The quantitative estimate of drug-likeness (QED) is 0.696. The van der Waals surface area contributed by atoms with E-state index in [1.165, 1.54) is 12.3 Å². The highest BCUT2D eigenvalue weighted by molar-refractivity contribution is 6.67. The summed E-state index contributed by atoms with van der Waals surface area (Å²) in [6.45, 7) is 5.24. The van der Waals surface area contributed by atoms with Crippen LogP contribution >= 0.6 is 11.6 Å². The van der Waals surface area contributed by atoms with Crippen molar-refractivity contribution in [3.05, 3.63) is 24.0 Å². The summed E-state index contributed by atoms with van der Waals surface area (Å²) in [6, 6.07) is 3.01. The van der Waals surface area contributed by atoms with E-state index >= 15 is 0 Å². The smallest absolute Gasteiger partial charge is 0.419 e. The molecule has 0 radical (unpaired) electrons. The molecule has 15 heavy (non-hydrogen) atoms. The number of aromatic nitrogens is 1. The summed E-state index contributed by atoms with van der Waals surface area (Å²) >= 11 is 5.30. The van der Waals surface area contributed by atoms with Crippen LogP contribution in [0.1, 0.15) is 31.3 Å². The van der Waals surface area contributed by atoms with E-state index in [2.05, 4.69) is 0 Å². The molecule has 0 atom stereocenters. The summed E-state index contributed by atoms with van der Waals surface area (Å²) in [6.07, 6.45) is 0.820. The Labute approximate surface area is 92.8 Å². The fourth-order valence-electron chi connectivity index (χ4n) is 1.01. The second kappa shape index (κ2) is 4.06. The maximum Gasteiger partial charge on any atom is 0.419 e. The average Bonchev–Trinajstić information content (AvgIpc) is 2.47. The minimum Gasteiger partial charge on any atom is -0.443 e. The van der Waals surface area contributed by atoms with Crippen LogP contribution in [0.2, 0.25) is 0 Å². The van der Waals surface area contributed by atoms with Crippen LogP contribution in [0.25, 0.3) is 0 Å². The van der Waals surface area contributed by atoms with Crippen LogP contribution in [0.3, 0.4) is 0 Å². The summed E-state index contributed by atoms with van der Waals surface area (Å²) in [5.74, 6) is 0. The molecule has 1 aromatic heterocycles. The summed E-state index contributed by atoms with van der Waals surface area (Å²) in [7, 11) is 0. The summed E-state index contributed by atoms with van der Waals surface area (Å²) in [4.78, 5) is 22.5. The van der Waals surface area contributed by atoms with Gasteiger partial charge in [0, 0.05) is 6.20 Å². The van der Waals surface area contributed by atoms with Crippen molar-refractivity contribution in [1.82, 2.24) is 4.57 Å². The maximum absolute atomic E-state index is 11.6. The summed E-state index contributed by atoms with van der Waals surface area (Å²) in [5.41, 5.74) is -0.500. The molecule has 1 rings (SSSR count). The highest BCUT2D eigenvalue weighted by Crippen LogP contribution is 2.12. The van der Waals surface area contributed by atoms with Crippen LogP contribution in [-0.2, 0) is 4.74 Å². The molecule has 0 N–H and O–H groups in total. The van der Waals surface area contributed by atoms with Crippen molar-refractivity contribution in [1.29, 1.82) is 0 Å². The van der Waals surface area contributed by atoms with Crippen molar-refractivity contribution in [2.75, 3.05) is 0 Å². The SMILES string of the molecule is CC(C)(C)OC(=O)n1cccc1C(=O)Cl. The molecule has 1 heterocycles. The molecule has 0 aliphatic carbocycles. The molecular formula is C10H12ClNO3. The minimum atomic E-state index is -0.689. The monoisotopic (exact) mass is 229 g/mol. The van der Waals surface area contributed by atoms with Gasteiger partial charge in [0.15, 0.2) is 0 Å². The zero-order valence-corrected chi connectivity index (χ0v) is 9.54. The Morgan fingerprint density at radius 1 is 1.40 bits per heavy atom. The Morgan fingerprint density at radius 3 is 2.47 bits per heavy atom. The molecule has 4 nitrogen and oxygen atoms in total. The zero-order chi connectivity index (χ0) is 11.6. The van der Waals surface area contributed by atoms with Gasteiger partial charge >= 0.3 is 6.09 Å². The van der Waals surface area contributed by atoms with Gasteiger partial charge in [-0.05, 0) is 44.5 Å². The Balaban J connectivity index is 2.92. The van der Waals surface area contributed by atoms with E-state index in [4.69, 9.17) is 16.3 Å². The standard InChI is InChI=1S/C10H12ClNO3/c1-10(2,3)15-9(14)12-6-4-5-7(12)8(11)13/h4-6H,1-3H3. The number of halogens is 1. The number of rotatable bonds is 1. The molecule has 0 aromatic carbocycles. The van der Waals surface area contributed by atoms with Crippen molar-refractivity contribution in [2.45, 2.75) is 26.4 Å². The van der Waals surface area contributed by atoms with E-state index in [1.807, 2.05) is 0 Å². The first-order valence-corrected chi connectivity index (χ1v) is 4.79. The van der Waals surface area contributed by atoms with Crippen molar-refractivity contribution in [3.63, 3.8) is 0 Å². The third-order valence-corrected chi connectivity index (χ3v) is 1.73. The van der Waals surface area contributed by atoms with Gasteiger partial charge in [0.25, 0.3) is 5.24 Å². The largest absolute Gasteiger partial charge is 0.443 e. The molecule has 1 aromatic rings. The van der Waals surface area contributed by atoms with Crippen molar-refractivity contribution in [2.24, 2.45) is 0 Å². The normalized spacial score (nSPS) is 11.2. The van der Waals surface area contributed by atoms with Crippen molar-refractivity contribution < 1.29 is 14.3 Å². The van der Waals surface area contributed by atoms with E-state index in [-0.39, 0.29) is 5.69 Å². The van der Waals surface area contributed by atoms with Gasteiger partial charge in [-0.1, -0.05) is 0 Å². The Bertz CT molecular complexity index is 390. The first-order valence-electron chi connectivity index (χ1n) is 4.42. The average molecular weight is 230 g/mol. The van der Waals surface area contributed by atoms with Crippen LogP contribution in [0.15, 0.2) is 18.3 Å². The molecular weight excluding hydrogens is 218 g/mol. The highest BCUT2D eigenvalue weighted by Gasteiger charge is 2.20. The van der Waals surface area contributed by atoms with Gasteiger partial charge in [0.1, 0.15) is 11.3 Å². The van der Waals surface area contributed by atoms with Crippen LogP contribution in [0, 0.1) is 0 Å². The predicted octanol–water partition coefficient (Wildman–Crippen LogP) is 2.65. The number of nitrogens with zero attached hydrogens (tertiary/aromatic N) is 1. The Morgan fingerprint density at radius 2 is 2.00 bits per heavy atom. The molecule has 5 heteroatoms. The highest BCUT2D eigenvalue weighted by atomic mass is 35.5. The molecule has 0 aliphatic heterocycles. The second-order valence-corrected chi connectivity index (χ2v) is 4.36. The van der Waals surface area contributed by atoms with Crippen LogP contribution in [0.5, 0.6) is 0 Å². The van der Waals surface area contributed by atoms with Crippen molar-refractivity contribution >= 4 is 22.9 Å². The number of hydrogen-bond acceptors (Lipinski definition) is 3. The molecule has 0 fully saturated rings. The second-order valence-electron chi connectivity index (χ2n) is 4.02. The fourth-order valence-corrected chi connectivity index (χ4v) is 1.17. The predicted molar refractivity (Wildman–Crippen MR) is 56.2 cm³/mol. The summed E-state index contributed by atoms with van der Waals surface area (Å²) in [5, 5.41) is -0.689. The molecule has 0 saturated heterocycles. The van der Waals surface area contributed by atoms with E-state index < -0.39 is 16.9 Å². The summed E-state index contributed by atoms with van der Waals surface area (Å²) < 4.78 is 6.17. The lowest BCUT2D eigenvalue weighted by molar-refractivity contribution is 0.0530. The van der Waals surface area contributed by atoms with E-state index in [1.54, 1.807) is 26.8 Å². The molecule has 0 aliphatic rings. The van der Waals surface area contributed by atoms with Gasteiger partial charge in [-0.3, -0.25) is 4.79 Å². The molecule has 0 saturated carbocycles. The Kier molecular flexibility index (Phi) is 3.19. The maximum atomic E-state index is 11.6. The number of carbonyl (C=O) groups is 2. The lowest BCUT2D eigenvalue weighted by atomic mass is 10.2. The third-order valence-electron chi connectivity index (χ3n) is 1.54. The number of ether oxygens (including phenoxy) is 1. The van der Waals surface area contributed by atoms with Crippen LogP contribution in [0.4, 0.5) is 4.79 Å². The lowest BCUT2D eigenvalue weighted by Crippen LogP contribution is -2.28. The van der Waals surface area contributed by atoms with Gasteiger partial charge in [0.2, 0.25) is 0 Å². The van der Waals surface area contributed by atoms with Crippen molar-refractivity contribution in [3.8, 4) is 0 Å². The van der Waals surface area contributed by atoms with E-state index in [0.717, 1.165) is 4.57 Å². The topological polar surface area (TPSA) is 48.3 Å². The Hall–Kier alpha value is -1.29. The number of hydrogen-bond donors (Lipinski definition) is 0. The first-order chi connectivity index (χ1) is 6.81. The first kappa shape index (κ1) is 11.8. The molecule has 82 valence electrons. The fraction of sp³-hybridized carbons (Fsp3) is 0.400. The molecule has 0 spiro atoms. The molecule has 0 bridgehead atoms. The zero-order valence-electron chi connectivity index (χ0n) is 8.78.